The van der Waals surface area contributed by atoms with Crippen LogP contribution < -0.4 is 5.32 Å². The standard InChI is InChI=1S/C18H22N4O5/c1-2-27-17(24)14-15(12-7-6-8-13(11-12)22(25)26)19-18(20-16(14)23)21-9-4-3-5-10-21/h6-8,11,14-15H,2-5,9-10H2,1H3,(H,19,20,23)/t14-,15-/m1/s1. The smallest absolute Gasteiger partial charge is 0.321 e. The molecule has 9 nitrogen and oxygen atoms in total. The Bertz CT molecular complexity index is 773. The molecular weight excluding hydrogens is 352 g/mol. The molecule has 27 heavy (non-hydrogen) atoms. The third-order valence-electron chi connectivity index (χ3n) is 4.71. The first-order valence-electron chi connectivity index (χ1n) is 9.06. The first kappa shape index (κ1) is 18.8. The number of rotatable bonds is 4. The Kier molecular flexibility index (Phi) is 5.68. The second kappa shape index (κ2) is 8.15. The Hall–Kier alpha value is -2.97. The van der Waals surface area contributed by atoms with E-state index in [1.54, 1.807) is 13.0 Å². The van der Waals surface area contributed by atoms with E-state index >= 15 is 0 Å². The largest absolute Gasteiger partial charge is 0.465 e. The number of carbonyl (C=O) groups is 2. The first-order valence-corrected chi connectivity index (χ1v) is 9.06. The van der Waals surface area contributed by atoms with Crippen LogP contribution >= 0.6 is 0 Å². The lowest BCUT2D eigenvalue weighted by molar-refractivity contribution is -0.384. The van der Waals surface area contributed by atoms with E-state index in [9.17, 15) is 19.7 Å². The predicted molar refractivity (Wildman–Crippen MR) is 97.0 cm³/mol. The van der Waals surface area contributed by atoms with Crippen molar-refractivity contribution in [2.24, 2.45) is 10.9 Å². The van der Waals surface area contributed by atoms with Gasteiger partial charge in [-0.05, 0) is 31.7 Å². The molecule has 0 spiro atoms. The predicted octanol–water partition coefficient (Wildman–Crippen LogP) is 1.79. The van der Waals surface area contributed by atoms with E-state index < -0.39 is 28.8 Å². The van der Waals surface area contributed by atoms with E-state index in [0.717, 1.165) is 32.4 Å². The van der Waals surface area contributed by atoms with E-state index in [4.69, 9.17) is 4.74 Å². The average Bonchev–Trinajstić information content (AvgIpc) is 2.68. The number of guanidine groups is 1. The number of esters is 1. The molecule has 2 heterocycles. The number of nitrogens with one attached hydrogen (secondary N) is 1. The summed E-state index contributed by atoms with van der Waals surface area (Å²) in [7, 11) is 0. The molecule has 1 saturated heterocycles. The molecule has 144 valence electrons. The van der Waals surface area contributed by atoms with Gasteiger partial charge in [-0.1, -0.05) is 12.1 Å². The van der Waals surface area contributed by atoms with Gasteiger partial charge in [-0.3, -0.25) is 25.0 Å². The number of amides is 1. The van der Waals surface area contributed by atoms with Gasteiger partial charge in [0.05, 0.1) is 11.5 Å². The van der Waals surface area contributed by atoms with Crippen molar-refractivity contribution in [3.63, 3.8) is 0 Å². The van der Waals surface area contributed by atoms with Gasteiger partial charge in [-0.25, -0.2) is 4.99 Å². The molecule has 2 aliphatic rings. The summed E-state index contributed by atoms with van der Waals surface area (Å²) >= 11 is 0. The van der Waals surface area contributed by atoms with Gasteiger partial charge in [0, 0.05) is 25.2 Å². The summed E-state index contributed by atoms with van der Waals surface area (Å²) in [5, 5.41) is 13.8. The Morgan fingerprint density at radius 1 is 1.37 bits per heavy atom. The van der Waals surface area contributed by atoms with Crippen LogP contribution in [-0.4, -0.2) is 47.4 Å². The zero-order valence-corrected chi connectivity index (χ0v) is 15.1. The van der Waals surface area contributed by atoms with Gasteiger partial charge in [0.2, 0.25) is 11.9 Å². The number of piperidine rings is 1. The molecule has 0 aromatic heterocycles. The number of carbonyl (C=O) groups excluding carboxylic acids is 2. The van der Waals surface area contributed by atoms with E-state index in [1.807, 2.05) is 4.90 Å². The Morgan fingerprint density at radius 2 is 2.11 bits per heavy atom. The molecule has 0 saturated carbocycles. The van der Waals surface area contributed by atoms with Gasteiger partial charge in [-0.2, -0.15) is 0 Å². The molecule has 2 aliphatic heterocycles. The molecule has 0 aliphatic carbocycles. The lowest BCUT2D eigenvalue weighted by Gasteiger charge is -2.35. The summed E-state index contributed by atoms with van der Waals surface area (Å²) in [6.07, 6.45) is 3.12. The van der Waals surface area contributed by atoms with Crippen LogP contribution in [0.1, 0.15) is 37.8 Å². The normalized spacial score (nSPS) is 22.6. The van der Waals surface area contributed by atoms with Gasteiger partial charge >= 0.3 is 5.97 Å². The minimum Gasteiger partial charge on any atom is -0.465 e. The molecule has 3 rings (SSSR count). The van der Waals surface area contributed by atoms with Crippen LogP contribution in [0.5, 0.6) is 0 Å². The highest BCUT2D eigenvalue weighted by Crippen LogP contribution is 2.32. The molecular formula is C18H22N4O5. The van der Waals surface area contributed by atoms with Crippen molar-refractivity contribution >= 4 is 23.5 Å². The zero-order chi connectivity index (χ0) is 19.4. The number of nitro groups is 1. The zero-order valence-electron chi connectivity index (χ0n) is 15.1. The number of non-ortho nitro benzene ring substituents is 1. The second-order valence-electron chi connectivity index (χ2n) is 6.52. The fourth-order valence-corrected chi connectivity index (χ4v) is 3.39. The molecule has 0 unspecified atom stereocenters. The molecule has 1 amide bonds. The summed E-state index contributed by atoms with van der Waals surface area (Å²) in [6, 6.07) is 5.01. The average molecular weight is 374 g/mol. The molecule has 9 heteroatoms. The highest BCUT2D eigenvalue weighted by Gasteiger charge is 2.42. The maximum atomic E-state index is 12.7. The number of nitro benzene ring substituents is 1. The minimum atomic E-state index is -1.18. The Balaban J connectivity index is 2.01. The molecule has 2 atom stereocenters. The Labute approximate surface area is 156 Å². The quantitative estimate of drug-likeness (QED) is 0.372. The molecule has 0 radical (unpaired) electrons. The van der Waals surface area contributed by atoms with Crippen molar-refractivity contribution in [2.45, 2.75) is 32.2 Å². The van der Waals surface area contributed by atoms with Crippen molar-refractivity contribution in [3.8, 4) is 0 Å². The lowest BCUT2D eigenvalue weighted by atomic mass is 9.91. The first-order chi connectivity index (χ1) is 13.0. The van der Waals surface area contributed by atoms with Crippen LogP contribution in [0, 0.1) is 16.0 Å². The SMILES string of the molecule is CCOC(=O)[C@H]1C(=O)NC(N2CCCCC2)=N[C@@H]1c1cccc([N+](=O)[O-])c1. The van der Waals surface area contributed by atoms with Crippen molar-refractivity contribution in [1.29, 1.82) is 0 Å². The highest BCUT2D eigenvalue weighted by molar-refractivity contribution is 6.08. The summed E-state index contributed by atoms with van der Waals surface area (Å²) in [6.45, 7) is 3.33. The van der Waals surface area contributed by atoms with E-state index in [0.29, 0.717) is 11.5 Å². The molecule has 1 fully saturated rings. The topological polar surface area (TPSA) is 114 Å². The van der Waals surface area contributed by atoms with Crippen LogP contribution in [0.4, 0.5) is 5.69 Å². The summed E-state index contributed by atoms with van der Waals surface area (Å²) in [5.74, 6) is -1.95. The van der Waals surface area contributed by atoms with Gasteiger partial charge < -0.3 is 9.64 Å². The number of ether oxygens (including phenoxy) is 1. The fraction of sp³-hybridized carbons (Fsp3) is 0.500. The number of aliphatic imine (C=N–C) groups is 1. The van der Waals surface area contributed by atoms with Crippen molar-refractivity contribution in [1.82, 2.24) is 10.2 Å². The van der Waals surface area contributed by atoms with E-state index in [2.05, 4.69) is 10.3 Å². The monoisotopic (exact) mass is 374 g/mol. The number of benzene rings is 1. The number of nitrogens with zero attached hydrogens (tertiary/aromatic N) is 3. The molecule has 1 N–H and O–H groups in total. The van der Waals surface area contributed by atoms with Crippen molar-refractivity contribution in [2.75, 3.05) is 19.7 Å². The van der Waals surface area contributed by atoms with Crippen LogP contribution in [-0.2, 0) is 14.3 Å². The maximum Gasteiger partial charge on any atom is 0.321 e. The lowest BCUT2D eigenvalue weighted by Crippen LogP contribution is -2.53. The Morgan fingerprint density at radius 3 is 2.78 bits per heavy atom. The van der Waals surface area contributed by atoms with Crippen LogP contribution in [0.25, 0.3) is 0 Å². The number of hydrogen-bond acceptors (Lipinski definition) is 7. The third-order valence-corrected chi connectivity index (χ3v) is 4.71. The molecule has 0 bridgehead atoms. The van der Waals surface area contributed by atoms with E-state index in [-0.39, 0.29) is 12.3 Å². The van der Waals surface area contributed by atoms with Crippen LogP contribution in [0.15, 0.2) is 29.3 Å². The number of hydrogen-bond donors (Lipinski definition) is 1. The van der Waals surface area contributed by atoms with Gasteiger partial charge in [0.25, 0.3) is 5.69 Å². The van der Waals surface area contributed by atoms with Crippen LogP contribution in [0.3, 0.4) is 0 Å². The highest BCUT2D eigenvalue weighted by atomic mass is 16.6. The number of likely N-dealkylation sites (tertiary alicyclic amines) is 1. The summed E-state index contributed by atoms with van der Waals surface area (Å²) in [4.78, 5) is 42.3. The second-order valence-corrected chi connectivity index (χ2v) is 6.52. The van der Waals surface area contributed by atoms with Crippen LogP contribution in [0.2, 0.25) is 0 Å². The van der Waals surface area contributed by atoms with Gasteiger partial charge in [-0.15, -0.1) is 0 Å². The van der Waals surface area contributed by atoms with E-state index in [1.165, 1.54) is 18.2 Å². The van der Waals surface area contributed by atoms with Gasteiger partial charge in [0.15, 0.2) is 5.92 Å². The van der Waals surface area contributed by atoms with Crippen molar-refractivity contribution in [3.05, 3.63) is 39.9 Å². The molecule has 1 aromatic carbocycles. The fourth-order valence-electron chi connectivity index (χ4n) is 3.39. The minimum absolute atomic E-state index is 0.115. The summed E-state index contributed by atoms with van der Waals surface area (Å²) < 4.78 is 5.05. The van der Waals surface area contributed by atoms with Gasteiger partial charge in [0.1, 0.15) is 6.04 Å². The molecule has 1 aromatic rings. The summed E-state index contributed by atoms with van der Waals surface area (Å²) in [5.41, 5.74) is 0.322. The van der Waals surface area contributed by atoms with Crippen molar-refractivity contribution < 1.29 is 19.2 Å². The third kappa shape index (κ3) is 4.07. The maximum absolute atomic E-state index is 12.7.